The van der Waals surface area contributed by atoms with Gasteiger partial charge < -0.3 is 9.32 Å². The van der Waals surface area contributed by atoms with E-state index in [4.69, 9.17) is 4.42 Å². The molecule has 0 spiro atoms. The summed E-state index contributed by atoms with van der Waals surface area (Å²) in [6.45, 7) is 0.737. The Kier molecular flexibility index (Phi) is 4.33. The molecule has 28 heavy (non-hydrogen) atoms. The van der Waals surface area contributed by atoms with Crippen molar-refractivity contribution in [2.75, 3.05) is 17.2 Å². The van der Waals surface area contributed by atoms with E-state index in [1.54, 1.807) is 6.26 Å². The van der Waals surface area contributed by atoms with Crippen molar-refractivity contribution in [3.8, 4) is 11.6 Å². The molecule has 5 rings (SSSR count). The highest BCUT2D eigenvalue weighted by Crippen LogP contribution is 2.31. The summed E-state index contributed by atoms with van der Waals surface area (Å²) in [6.07, 6.45) is 2.51. The Morgan fingerprint density at radius 2 is 1.89 bits per heavy atom. The Morgan fingerprint density at radius 3 is 2.79 bits per heavy atom. The van der Waals surface area contributed by atoms with Crippen molar-refractivity contribution in [3.05, 3.63) is 72.5 Å². The molecule has 0 saturated carbocycles. The molecule has 138 valence electrons. The number of carbonyl (C=O) groups is 1. The van der Waals surface area contributed by atoms with Crippen LogP contribution in [0.15, 0.2) is 76.4 Å². The number of thioether (sulfide) groups is 1. The Balaban J connectivity index is 1.43. The molecule has 1 aliphatic rings. The maximum absolute atomic E-state index is 12.9. The Hall–Kier alpha value is -3.12. The molecular weight excluding hydrogens is 370 g/mol. The van der Waals surface area contributed by atoms with Crippen molar-refractivity contribution in [1.29, 1.82) is 0 Å². The number of anilines is 1. The first-order valence-electron chi connectivity index (χ1n) is 9.11. The molecule has 6 heteroatoms. The highest BCUT2D eigenvalue weighted by atomic mass is 32.2. The fourth-order valence-electron chi connectivity index (χ4n) is 3.48. The predicted octanol–water partition coefficient (Wildman–Crippen LogP) is 4.57. The molecule has 0 saturated heterocycles. The van der Waals surface area contributed by atoms with Crippen LogP contribution in [0.1, 0.15) is 5.56 Å². The average molecular weight is 387 g/mol. The second-order valence-corrected chi connectivity index (χ2v) is 7.52. The van der Waals surface area contributed by atoms with Gasteiger partial charge in [-0.25, -0.2) is 9.97 Å². The van der Waals surface area contributed by atoms with Gasteiger partial charge in [0.1, 0.15) is 5.03 Å². The van der Waals surface area contributed by atoms with Crippen molar-refractivity contribution >= 4 is 34.3 Å². The number of rotatable bonds is 4. The Bertz CT molecular complexity index is 1160. The summed E-state index contributed by atoms with van der Waals surface area (Å²) in [6, 6.07) is 19.6. The normalized spacial score (nSPS) is 13.1. The summed E-state index contributed by atoms with van der Waals surface area (Å²) in [4.78, 5) is 24.0. The Labute approximate surface area is 166 Å². The van der Waals surface area contributed by atoms with Gasteiger partial charge in [0.2, 0.25) is 5.91 Å². The monoisotopic (exact) mass is 387 g/mol. The third kappa shape index (κ3) is 3.05. The molecule has 3 heterocycles. The summed E-state index contributed by atoms with van der Waals surface area (Å²) >= 11 is 1.45. The quantitative estimate of drug-likeness (QED) is 0.379. The lowest BCUT2D eigenvalue weighted by Crippen LogP contribution is -2.30. The highest BCUT2D eigenvalue weighted by Gasteiger charge is 2.24. The number of benzene rings is 2. The van der Waals surface area contributed by atoms with Crippen LogP contribution in [0.4, 0.5) is 5.69 Å². The van der Waals surface area contributed by atoms with E-state index in [1.165, 1.54) is 17.3 Å². The molecule has 4 aromatic rings. The number of aromatic nitrogens is 2. The zero-order chi connectivity index (χ0) is 18.9. The minimum Gasteiger partial charge on any atom is -0.461 e. The van der Waals surface area contributed by atoms with Crippen molar-refractivity contribution in [3.63, 3.8) is 0 Å². The van der Waals surface area contributed by atoms with Crippen LogP contribution in [0.3, 0.4) is 0 Å². The molecule has 0 unspecified atom stereocenters. The number of hydrogen-bond acceptors (Lipinski definition) is 5. The van der Waals surface area contributed by atoms with E-state index in [0.717, 1.165) is 34.6 Å². The fourth-order valence-corrected chi connectivity index (χ4v) is 4.37. The van der Waals surface area contributed by atoms with E-state index in [9.17, 15) is 4.79 Å². The number of nitrogens with zero attached hydrogens (tertiary/aromatic N) is 3. The Morgan fingerprint density at radius 1 is 1.04 bits per heavy atom. The molecular formula is C22H17N3O2S. The van der Waals surface area contributed by atoms with E-state index in [0.29, 0.717) is 17.3 Å². The van der Waals surface area contributed by atoms with Gasteiger partial charge in [0.15, 0.2) is 11.6 Å². The van der Waals surface area contributed by atoms with Gasteiger partial charge in [-0.3, -0.25) is 4.79 Å². The summed E-state index contributed by atoms with van der Waals surface area (Å²) < 4.78 is 5.46. The summed E-state index contributed by atoms with van der Waals surface area (Å²) in [5.74, 6) is 1.57. The number of hydrogen-bond donors (Lipinski definition) is 0. The molecule has 0 bridgehead atoms. The molecule has 0 radical (unpaired) electrons. The molecule has 2 aromatic heterocycles. The number of para-hydroxylation sites is 2. The summed E-state index contributed by atoms with van der Waals surface area (Å²) in [5, 5.41) is 1.73. The SMILES string of the molecule is O=C(CSc1nc(-c2ccco2)nc2ccccc12)N1CCc2ccccc21. The summed E-state index contributed by atoms with van der Waals surface area (Å²) in [5.41, 5.74) is 3.09. The topological polar surface area (TPSA) is 59.2 Å². The maximum Gasteiger partial charge on any atom is 0.237 e. The van der Waals surface area contributed by atoms with Crippen LogP contribution in [0.5, 0.6) is 0 Å². The zero-order valence-corrected chi connectivity index (χ0v) is 15.9. The smallest absolute Gasteiger partial charge is 0.237 e. The lowest BCUT2D eigenvalue weighted by Gasteiger charge is -2.17. The number of furan rings is 1. The molecule has 0 fully saturated rings. The first kappa shape index (κ1) is 17.0. The van der Waals surface area contributed by atoms with Crippen LogP contribution in [0, 0.1) is 0 Å². The van der Waals surface area contributed by atoms with E-state index in [1.807, 2.05) is 59.5 Å². The van der Waals surface area contributed by atoms with Gasteiger partial charge in [-0.05, 0) is 36.2 Å². The number of fused-ring (bicyclic) bond motifs is 2. The number of amides is 1. The fraction of sp³-hybridized carbons (Fsp3) is 0.136. The minimum absolute atomic E-state index is 0.0946. The van der Waals surface area contributed by atoms with Gasteiger partial charge in [0.05, 0.1) is 17.5 Å². The molecule has 1 amide bonds. The van der Waals surface area contributed by atoms with Gasteiger partial charge in [-0.15, -0.1) is 0 Å². The van der Waals surface area contributed by atoms with E-state index in [2.05, 4.69) is 16.0 Å². The second kappa shape index (κ2) is 7.13. The van der Waals surface area contributed by atoms with Crippen LogP contribution in [0.2, 0.25) is 0 Å². The molecule has 2 aromatic carbocycles. The van der Waals surface area contributed by atoms with Gasteiger partial charge in [0.25, 0.3) is 0 Å². The minimum atomic E-state index is 0.0946. The second-order valence-electron chi connectivity index (χ2n) is 6.56. The third-order valence-corrected chi connectivity index (χ3v) is 5.81. The van der Waals surface area contributed by atoms with Crippen molar-refractivity contribution in [1.82, 2.24) is 9.97 Å². The first-order valence-corrected chi connectivity index (χ1v) is 10.1. The largest absolute Gasteiger partial charge is 0.461 e. The van der Waals surface area contributed by atoms with Gasteiger partial charge in [-0.2, -0.15) is 0 Å². The molecule has 0 aliphatic carbocycles. The molecule has 5 nitrogen and oxygen atoms in total. The highest BCUT2D eigenvalue weighted by molar-refractivity contribution is 8.00. The standard InChI is InChI=1S/C22H17N3O2S/c26-20(25-12-11-15-6-1-4-9-18(15)25)14-28-22-16-7-2-3-8-17(16)23-21(24-22)19-10-5-13-27-19/h1-10,13H,11-12,14H2. The van der Waals surface area contributed by atoms with Crippen molar-refractivity contribution in [2.24, 2.45) is 0 Å². The first-order chi connectivity index (χ1) is 13.8. The van der Waals surface area contributed by atoms with Crippen LogP contribution in [-0.2, 0) is 11.2 Å². The third-order valence-electron chi connectivity index (χ3n) is 4.83. The van der Waals surface area contributed by atoms with Gasteiger partial charge in [-0.1, -0.05) is 48.2 Å². The van der Waals surface area contributed by atoms with Crippen molar-refractivity contribution in [2.45, 2.75) is 11.4 Å². The van der Waals surface area contributed by atoms with E-state index < -0.39 is 0 Å². The predicted molar refractivity (Wildman–Crippen MR) is 110 cm³/mol. The lowest BCUT2D eigenvalue weighted by molar-refractivity contribution is -0.116. The molecule has 0 N–H and O–H groups in total. The maximum atomic E-state index is 12.9. The van der Waals surface area contributed by atoms with E-state index in [-0.39, 0.29) is 5.91 Å². The summed E-state index contributed by atoms with van der Waals surface area (Å²) in [7, 11) is 0. The van der Waals surface area contributed by atoms with Gasteiger partial charge >= 0.3 is 0 Å². The van der Waals surface area contributed by atoms with Crippen LogP contribution < -0.4 is 4.90 Å². The molecule has 0 atom stereocenters. The number of carbonyl (C=O) groups excluding carboxylic acids is 1. The van der Waals surface area contributed by atoms with E-state index >= 15 is 0 Å². The lowest BCUT2D eigenvalue weighted by atomic mass is 10.2. The van der Waals surface area contributed by atoms with Crippen LogP contribution in [0.25, 0.3) is 22.5 Å². The van der Waals surface area contributed by atoms with Crippen LogP contribution >= 0.6 is 11.8 Å². The average Bonchev–Trinajstić information content (AvgIpc) is 3.41. The van der Waals surface area contributed by atoms with Crippen LogP contribution in [-0.4, -0.2) is 28.2 Å². The van der Waals surface area contributed by atoms with Crippen molar-refractivity contribution < 1.29 is 9.21 Å². The zero-order valence-electron chi connectivity index (χ0n) is 15.0. The van der Waals surface area contributed by atoms with Gasteiger partial charge in [0, 0.05) is 17.6 Å². The molecule has 1 aliphatic heterocycles.